The summed E-state index contributed by atoms with van der Waals surface area (Å²) in [6.45, 7) is 1.86. The van der Waals surface area contributed by atoms with Crippen LogP contribution in [0.1, 0.15) is 24.0 Å². The molecule has 0 bridgehead atoms. The Balaban J connectivity index is 1.68. The van der Waals surface area contributed by atoms with E-state index in [9.17, 15) is 18.7 Å². The number of nitrogens with one attached hydrogen (secondary N) is 2. The van der Waals surface area contributed by atoms with Gasteiger partial charge in [0.25, 0.3) is 5.92 Å². The number of hydrogen-bond acceptors (Lipinski definition) is 4. The van der Waals surface area contributed by atoms with Crippen molar-refractivity contribution < 1.29 is 18.7 Å². The third-order valence-corrected chi connectivity index (χ3v) is 4.81. The number of halogens is 3. The minimum atomic E-state index is -3.10. The molecule has 1 heterocycles. The van der Waals surface area contributed by atoms with Crippen molar-refractivity contribution in [2.24, 2.45) is 0 Å². The lowest BCUT2D eigenvalue weighted by atomic mass is 10.1. The van der Waals surface area contributed by atoms with Crippen LogP contribution in [-0.2, 0) is 11.2 Å². The summed E-state index contributed by atoms with van der Waals surface area (Å²) >= 11 is 6.10. The Morgan fingerprint density at radius 3 is 2.85 bits per heavy atom. The number of alkyl halides is 2. The Morgan fingerprint density at radius 1 is 1.41 bits per heavy atom. The largest absolute Gasteiger partial charge is 0.385 e. The lowest BCUT2D eigenvalue weighted by Gasteiger charge is -2.21. The fourth-order valence-electron chi connectivity index (χ4n) is 3.12. The Morgan fingerprint density at radius 2 is 2.19 bits per heavy atom. The maximum absolute atomic E-state index is 13.5. The van der Waals surface area contributed by atoms with E-state index in [1.807, 2.05) is 6.92 Å². The zero-order valence-corrected chi connectivity index (χ0v) is 15.4. The fourth-order valence-corrected chi connectivity index (χ4v) is 3.38. The summed E-state index contributed by atoms with van der Waals surface area (Å²) in [5.41, 5.74) is 2.63. The van der Waals surface area contributed by atoms with Gasteiger partial charge >= 0.3 is 0 Å². The van der Waals surface area contributed by atoms with Gasteiger partial charge in [0.2, 0.25) is 5.91 Å². The lowest BCUT2D eigenvalue weighted by Crippen LogP contribution is -2.38. The molecule has 1 aromatic carbocycles. The van der Waals surface area contributed by atoms with Gasteiger partial charge in [-0.1, -0.05) is 11.6 Å². The summed E-state index contributed by atoms with van der Waals surface area (Å²) in [5.74, 6) is -3.34. The fraction of sp³-hybridized carbons (Fsp3) is 0.368. The minimum absolute atomic E-state index is 0.0625. The van der Waals surface area contributed by atoms with Crippen molar-refractivity contribution in [3.05, 3.63) is 52.8 Å². The van der Waals surface area contributed by atoms with E-state index in [2.05, 4.69) is 15.6 Å². The van der Waals surface area contributed by atoms with E-state index in [-0.39, 0.29) is 25.2 Å². The maximum Gasteiger partial charge on any atom is 0.275 e. The van der Waals surface area contributed by atoms with Crippen LogP contribution in [0.5, 0.6) is 0 Å². The quantitative estimate of drug-likeness (QED) is 0.720. The average Bonchev–Trinajstić information content (AvgIpc) is 2.83. The highest BCUT2D eigenvalue weighted by molar-refractivity contribution is 6.31. The molecule has 0 aliphatic heterocycles. The molecular weight excluding hydrogens is 376 g/mol. The Hall–Kier alpha value is -2.25. The number of nitrogens with zero attached hydrogens (tertiary/aromatic N) is 1. The van der Waals surface area contributed by atoms with Gasteiger partial charge in [0.1, 0.15) is 6.10 Å². The number of carbonyl (C=O) groups is 1. The van der Waals surface area contributed by atoms with Crippen molar-refractivity contribution in [2.45, 2.75) is 44.3 Å². The molecule has 2 atom stereocenters. The number of aromatic nitrogens is 1. The summed E-state index contributed by atoms with van der Waals surface area (Å²) in [7, 11) is 0. The average molecular weight is 396 g/mol. The summed E-state index contributed by atoms with van der Waals surface area (Å²) in [5, 5.41) is 15.8. The second kappa shape index (κ2) is 7.78. The van der Waals surface area contributed by atoms with E-state index in [1.165, 1.54) is 0 Å². The van der Waals surface area contributed by atoms with Crippen LogP contribution in [0.4, 0.5) is 20.2 Å². The molecule has 1 aliphatic rings. The second-order valence-electron chi connectivity index (χ2n) is 6.76. The number of aryl methyl sites for hydroxylation is 1. The third kappa shape index (κ3) is 4.73. The molecule has 0 spiro atoms. The van der Waals surface area contributed by atoms with Crippen LogP contribution in [0, 0.1) is 6.92 Å². The van der Waals surface area contributed by atoms with Gasteiger partial charge in [0, 0.05) is 23.3 Å². The topological polar surface area (TPSA) is 74.2 Å². The minimum Gasteiger partial charge on any atom is -0.385 e. The van der Waals surface area contributed by atoms with Crippen molar-refractivity contribution in [2.75, 3.05) is 10.6 Å². The van der Waals surface area contributed by atoms with Crippen LogP contribution in [0.2, 0.25) is 5.02 Å². The zero-order valence-electron chi connectivity index (χ0n) is 14.7. The van der Waals surface area contributed by atoms with Crippen LogP contribution in [0.15, 0.2) is 36.7 Å². The summed E-state index contributed by atoms with van der Waals surface area (Å²) in [4.78, 5) is 16.3. The number of hydrogen-bond donors (Lipinski definition) is 3. The number of carbonyl (C=O) groups excluding carboxylic acids is 1. The zero-order chi connectivity index (χ0) is 19.6. The van der Waals surface area contributed by atoms with E-state index in [1.54, 1.807) is 36.7 Å². The summed E-state index contributed by atoms with van der Waals surface area (Å²) in [6.07, 6.45) is 1.30. The van der Waals surface area contributed by atoms with Crippen LogP contribution < -0.4 is 10.6 Å². The summed E-state index contributed by atoms with van der Waals surface area (Å²) in [6, 6.07) is 5.92. The first-order chi connectivity index (χ1) is 12.7. The molecule has 8 heteroatoms. The van der Waals surface area contributed by atoms with Gasteiger partial charge in [-0.05, 0) is 48.7 Å². The van der Waals surface area contributed by atoms with Crippen molar-refractivity contribution in [3.8, 4) is 0 Å². The van der Waals surface area contributed by atoms with E-state index in [0.29, 0.717) is 22.0 Å². The Bertz CT molecular complexity index is 847. The van der Waals surface area contributed by atoms with Gasteiger partial charge in [-0.25, -0.2) is 8.78 Å². The molecule has 5 nitrogen and oxygen atoms in total. The van der Waals surface area contributed by atoms with E-state index < -0.39 is 18.1 Å². The molecule has 3 rings (SSSR count). The molecule has 2 unspecified atom stereocenters. The number of aliphatic hydroxyl groups excluding tert-OH is 1. The van der Waals surface area contributed by atoms with E-state index in [0.717, 1.165) is 5.56 Å². The highest BCUT2D eigenvalue weighted by atomic mass is 35.5. The number of aliphatic hydroxyl groups is 1. The van der Waals surface area contributed by atoms with Crippen molar-refractivity contribution in [3.63, 3.8) is 0 Å². The molecule has 2 aromatic rings. The SMILES string of the molecule is Cc1ccncc1NC(=O)Cc1cc(Cl)cc(NC2CCC(F)(F)C2O)c1. The number of anilines is 2. The van der Waals surface area contributed by atoms with Gasteiger partial charge < -0.3 is 15.7 Å². The van der Waals surface area contributed by atoms with Crippen molar-refractivity contribution >= 4 is 28.9 Å². The predicted octanol–water partition coefficient (Wildman–Crippen LogP) is 3.80. The lowest BCUT2D eigenvalue weighted by molar-refractivity contribution is -0.115. The maximum atomic E-state index is 13.5. The molecule has 0 saturated heterocycles. The highest BCUT2D eigenvalue weighted by Crippen LogP contribution is 2.37. The van der Waals surface area contributed by atoms with Crippen LogP contribution in [0.3, 0.4) is 0 Å². The Labute approximate surface area is 160 Å². The third-order valence-electron chi connectivity index (χ3n) is 4.59. The molecular formula is C19H20ClF2N3O2. The first-order valence-corrected chi connectivity index (χ1v) is 8.95. The second-order valence-corrected chi connectivity index (χ2v) is 7.20. The Kier molecular flexibility index (Phi) is 5.62. The summed E-state index contributed by atoms with van der Waals surface area (Å²) < 4.78 is 27.0. The number of amides is 1. The molecule has 0 radical (unpaired) electrons. The van der Waals surface area contributed by atoms with Crippen LogP contribution in [-0.4, -0.2) is 34.1 Å². The monoisotopic (exact) mass is 395 g/mol. The smallest absolute Gasteiger partial charge is 0.275 e. The van der Waals surface area contributed by atoms with Gasteiger partial charge in [-0.3, -0.25) is 9.78 Å². The first kappa shape index (κ1) is 19.5. The van der Waals surface area contributed by atoms with Gasteiger partial charge in [0.15, 0.2) is 0 Å². The van der Waals surface area contributed by atoms with Crippen LogP contribution in [0.25, 0.3) is 0 Å². The highest BCUT2D eigenvalue weighted by Gasteiger charge is 2.49. The van der Waals surface area contributed by atoms with Gasteiger partial charge in [0.05, 0.1) is 24.3 Å². The van der Waals surface area contributed by atoms with E-state index in [4.69, 9.17) is 11.6 Å². The van der Waals surface area contributed by atoms with Gasteiger partial charge in [-0.2, -0.15) is 0 Å². The van der Waals surface area contributed by atoms with Crippen LogP contribution >= 0.6 is 11.6 Å². The molecule has 1 saturated carbocycles. The predicted molar refractivity (Wildman–Crippen MR) is 100 cm³/mol. The molecule has 144 valence electrons. The number of pyridine rings is 1. The van der Waals surface area contributed by atoms with E-state index >= 15 is 0 Å². The number of benzene rings is 1. The van der Waals surface area contributed by atoms with Crippen molar-refractivity contribution in [1.29, 1.82) is 0 Å². The first-order valence-electron chi connectivity index (χ1n) is 8.57. The molecule has 27 heavy (non-hydrogen) atoms. The molecule has 1 aliphatic carbocycles. The molecule has 1 aromatic heterocycles. The standard InChI is InChI=1S/C19H20ClF2N3O2/c1-11-3-5-23-10-16(11)25-17(26)8-12-6-13(20)9-14(7-12)24-15-2-4-19(21,22)18(15)27/h3,5-7,9-10,15,18,24,27H,2,4,8H2,1H3,(H,25,26). The molecule has 1 fully saturated rings. The normalized spacial score (nSPS) is 21.1. The molecule has 1 amide bonds. The number of rotatable bonds is 5. The van der Waals surface area contributed by atoms with Gasteiger partial charge in [-0.15, -0.1) is 0 Å². The molecule has 3 N–H and O–H groups in total. The van der Waals surface area contributed by atoms with Crippen molar-refractivity contribution in [1.82, 2.24) is 4.98 Å².